The van der Waals surface area contributed by atoms with Crippen molar-refractivity contribution >= 4 is 23.1 Å². The second kappa shape index (κ2) is 6.52. The minimum absolute atomic E-state index is 0.176. The van der Waals surface area contributed by atoms with E-state index in [9.17, 15) is 9.18 Å². The van der Waals surface area contributed by atoms with Crippen LogP contribution in [0.15, 0.2) is 24.3 Å². The monoisotopic (exact) mass is 308 g/mol. The van der Waals surface area contributed by atoms with Gasteiger partial charge in [0.2, 0.25) is 5.91 Å². The van der Waals surface area contributed by atoms with Gasteiger partial charge in [0, 0.05) is 5.56 Å². The summed E-state index contributed by atoms with van der Waals surface area (Å²) in [6, 6.07) is 6.04. The molecule has 1 atom stereocenters. The van der Waals surface area contributed by atoms with Gasteiger partial charge in [0.05, 0.1) is 16.4 Å². The van der Waals surface area contributed by atoms with Crippen LogP contribution in [0.25, 0.3) is 0 Å². The summed E-state index contributed by atoms with van der Waals surface area (Å²) in [4.78, 5) is 12.9. The minimum atomic E-state index is -0.771. The van der Waals surface area contributed by atoms with Crippen molar-refractivity contribution in [2.45, 2.75) is 45.1 Å². The molecular formula is C16H21FN2OS. The standard InChI is InChI=1S/C16H21FN2OS/c1-11(12-7-3-4-8-13(12)17)19-15(20)16(14(18)21)9-5-2-6-10-16/h3-4,7-8,11H,2,5-6,9-10H2,1H3,(H2,18,21)(H,19,20). The van der Waals surface area contributed by atoms with Crippen molar-refractivity contribution in [3.8, 4) is 0 Å². The summed E-state index contributed by atoms with van der Waals surface area (Å²) in [7, 11) is 0. The number of benzene rings is 1. The lowest BCUT2D eigenvalue weighted by Gasteiger charge is -2.35. The van der Waals surface area contributed by atoms with E-state index in [2.05, 4.69) is 5.32 Å². The highest BCUT2D eigenvalue weighted by molar-refractivity contribution is 7.80. The molecule has 114 valence electrons. The summed E-state index contributed by atoms with van der Waals surface area (Å²) in [5.41, 5.74) is 5.55. The number of carbonyl (C=O) groups is 1. The first-order valence-electron chi connectivity index (χ1n) is 7.33. The third-order valence-electron chi connectivity index (χ3n) is 4.33. The fraction of sp³-hybridized carbons (Fsp3) is 0.500. The van der Waals surface area contributed by atoms with Gasteiger partial charge >= 0.3 is 0 Å². The second-order valence-electron chi connectivity index (χ2n) is 5.72. The number of nitrogens with one attached hydrogen (secondary N) is 1. The number of rotatable bonds is 4. The highest BCUT2D eigenvalue weighted by atomic mass is 32.1. The molecule has 2 rings (SSSR count). The number of thiocarbonyl (C=S) groups is 1. The molecule has 1 aliphatic rings. The molecule has 1 amide bonds. The second-order valence-corrected chi connectivity index (χ2v) is 6.16. The highest BCUT2D eigenvalue weighted by Crippen LogP contribution is 2.37. The largest absolute Gasteiger partial charge is 0.392 e. The van der Waals surface area contributed by atoms with Gasteiger partial charge in [-0.3, -0.25) is 4.79 Å². The lowest BCUT2D eigenvalue weighted by atomic mass is 9.73. The Kier molecular flexibility index (Phi) is 4.93. The van der Waals surface area contributed by atoms with Crippen molar-refractivity contribution in [2.24, 2.45) is 11.1 Å². The van der Waals surface area contributed by atoms with Crippen LogP contribution in [-0.2, 0) is 4.79 Å². The molecule has 0 bridgehead atoms. The number of halogens is 1. The fourth-order valence-electron chi connectivity index (χ4n) is 2.98. The molecule has 0 saturated heterocycles. The number of carbonyl (C=O) groups excluding carboxylic acids is 1. The van der Waals surface area contributed by atoms with Crippen LogP contribution in [0.1, 0.15) is 50.6 Å². The number of nitrogens with two attached hydrogens (primary N) is 1. The van der Waals surface area contributed by atoms with Gasteiger partial charge in [0.15, 0.2) is 0 Å². The summed E-state index contributed by atoms with van der Waals surface area (Å²) in [6.45, 7) is 1.77. The zero-order valence-electron chi connectivity index (χ0n) is 12.2. The summed E-state index contributed by atoms with van der Waals surface area (Å²) in [5, 5.41) is 2.88. The molecule has 0 radical (unpaired) electrons. The van der Waals surface area contributed by atoms with Crippen molar-refractivity contribution in [3.63, 3.8) is 0 Å². The Morgan fingerprint density at radius 3 is 2.52 bits per heavy atom. The average molecular weight is 308 g/mol. The Morgan fingerprint density at radius 1 is 1.33 bits per heavy atom. The van der Waals surface area contributed by atoms with Crippen molar-refractivity contribution in [3.05, 3.63) is 35.6 Å². The van der Waals surface area contributed by atoms with Gasteiger partial charge in [0.25, 0.3) is 0 Å². The predicted molar refractivity (Wildman–Crippen MR) is 85.3 cm³/mol. The van der Waals surface area contributed by atoms with E-state index in [1.807, 2.05) is 0 Å². The molecule has 0 aromatic heterocycles. The molecule has 1 aromatic rings. The molecule has 3 nitrogen and oxygen atoms in total. The van der Waals surface area contributed by atoms with E-state index in [0.29, 0.717) is 18.4 Å². The smallest absolute Gasteiger partial charge is 0.233 e. The van der Waals surface area contributed by atoms with Crippen molar-refractivity contribution in [2.75, 3.05) is 0 Å². The average Bonchev–Trinajstić information content (AvgIpc) is 2.48. The fourth-order valence-corrected chi connectivity index (χ4v) is 3.28. The summed E-state index contributed by atoms with van der Waals surface area (Å²) in [6.07, 6.45) is 4.34. The molecule has 1 aromatic carbocycles. The maximum absolute atomic E-state index is 13.8. The molecule has 0 heterocycles. The van der Waals surface area contributed by atoms with Crippen LogP contribution >= 0.6 is 12.2 Å². The first-order valence-corrected chi connectivity index (χ1v) is 7.73. The van der Waals surface area contributed by atoms with Gasteiger partial charge in [-0.2, -0.15) is 0 Å². The van der Waals surface area contributed by atoms with E-state index in [0.717, 1.165) is 19.3 Å². The Balaban J connectivity index is 2.16. The molecular weight excluding hydrogens is 287 g/mol. The first kappa shape index (κ1) is 15.9. The first-order chi connectivity index (χ1) is 9.97. The van der Waals surface area contributed by atoms with Gasteiger partial charge in [-0.15, -0.1) is 0 Å². The van der Waals surface area contributed by atoms with E-state index in [1.165, 1.54) is 6.07 Å². The van der Waals surface area contributed by atoms with Crippen LogP contribution in [0, 0.1) is 11.2 Å². The van der Waals surface area contributed by atoms with Gasteiger partial charge in [-0.1, -0.05) is 49.7 Å². The zero-order chi connectivity index (χ0) is 15.5. The Bertz CT molecular complexity index is 541. The quantitative estimate of drug-likeness (QED) is 0.840. The molecule has 3 N–H and O–H groups in total. The Labute approximate surface area is 130 Å². The normalized spacial score (nSPS) is 18.8. The van der Waals surface area contributed by atoms with Gasteiger partial charge in [-0.25, -0.2) is 4.39 Å². The maximum Gasteiger partial charge on any atom is 0.233 e. The van der Waals surface area contributed by atoms with Crippen molar-refractivity contribution in [1.29, 1.82) is 0 Å². The molecule has 0 aliphatic heterocycles. The predicted octanol–water partition coefficient (Wildman–Crippen LogP) is 3.24. The van der Waals surface area contributed by atoms with Gasteiger partial charge in [-0.05, 0) is 25.8 Å². The lowest BCUT2D eigenvalue weighted by Crippen LogP contribution is -2.50. The van der Waals surface area contributed by atoms with Crippen LogP contribution in [0.4, 0.5) is 4.39 Å². The molecule has 21 heavy (non-hydrogen) atoms. The maximum atomic E-state index is 13.8. The summed E-state index contributed by atoms with van der Waals surface area (Å²) in [5.74, 6) is -0.497. The number of hydrogen-bond acceptors (Lipinski definition) is 2. The SMILES string of the molecule is CC(NC(=O)C1(C(N)=S)CCCCC1)c1ccccc1F. The number of amides is 1. The summed E-state index contributed by atoms with van der Waals surface area (Å²) < 4.78 is 13.8. The third kappa shape index (κ3) is 3.23. The van der Waals surface area contributed by atoms with E-state index >= 15 is 0 Å². The van der Waals surface area contributed by atoms with E-state index in [1.54, 1.807) is 25.1 Å². The van der Waals surface area contributed by atoms with Gasteiger partial charge in [0.1, 0.15) is 5.82 Å². The van der Waals surface area contributed by atoms with E-state index in [-0.39, 0.29) is 16.7 Å². The van der Waals surface area contributed by atoms with E-state index < -0.39 is 11.5 Å². The molecule has 1 unspecified atom stereocenters. The minimum Gasteiger partial charge on any atom is -0.392 e. The third-order valence-corrected chi connectivity index (χ3v) is 4.72. The summed E-state index contributed by atoms with van der Waals surface area (Å²) >= 11 is 5.14. The highest BCUT2D eigenvalue weighted by Gasteiger charge is 2.42. The zero-order valence-corrected chi connectivity index (χ0v) is 13.0. The van der Waals surface area contributed by atoms with E-state index in [4.69, 9.17) is 18.0 Å². The Hall–Kier alpha value is -1.49. The lowest BCUT2D eigenvalue weighted by molar-refractivity contribution is -0.129. The topological polar surface area (TPSA) is 55.1 Å². The Morgan fingerprint density at radius 2 is 1.95 bits per heavy atom. The van der Waals surface area contributed by atoms with Crippen LogP contribution in [-0.4, -0.2) is 10.9 Å². The molecule has 1 saturated carbocycles. The van der Waals surface area contributed by atoms with Crippen LogP contribution < -0.4 is 11.1 Å². The number of hydrogen-bond donors (Lipinski definition) is 2. The van der Waals surface area contributed by atoms with Crippen molar-refractivity contribution in [1.82, 2.24) is 5.32 Å². The van der Waals surface area contributed by atoms with Crippen LogP contribution in [0.3, 0.4) is 0 Å². The molecule has 5 heteroatoms. The van der Waals surface area contributed by atoms with Crippen molar-refractivity contribution < 1.29 is 9.18 Å². The van der Waals surface area contributed by atoms with Gasteiger partial charge < -0.3 is 11.1 Å². The van der Waals surface area contributed by atoms with Crippen LogP contribution in [0.5, 0.6) is 0 Å². The van der Waals surface area contributed by atoms with Crippen LogP contribution in [0.2, 0.25) is 0 Å². The molecule has 1 aliphatic carbocycles. The molecule has 1 fully saturated rings. The molecule has 0 spiro atoms.